The van der Waals surface area contributed by atoms with Crippen LogP contribution in [-0.4, -0.2) is 56.4 Å². The van der Waals surface area contributed by atoms with Crippen molar-refractivity contribution in [2.24, 2.45) is 4.99 Å². The molecule has 0 unspecified atom stereocenters. The summed E-state index contributed by atoms with van der Waals surface area (Å²) in [6.45, 7) is 0.902. The third kappa shape index (κ3) is 7.21. The smallest absolute Gasteiger partial charge is 0.252 e. The average Bonchev–Trinajstić information content (AvgIpc) is 3.46. The van der Waals surface area contributed by atoms with Crippen molar-refractivity contribution in [3.63, 3.8) is 0 Å². The highest BCUT2D eigenvalue weighted by atomic mass is 16.5. The summed E-state index contributed by atoms with van der Waals surface area (Å²) in [5.41, 5.74) is 2.23. The van der Waals surface area contributed by atoms with E-state index < -0.39 is 11.6 Å². The summed E-state index contributed by atoms with van der Waals surface area (Å²) in [6, 6.07) is 32.7. The van der Waals surface area contributed by atoms with Crippen LogP contribution in [0.1, 0.15) is 34.8 Å². The molecule has 1 heterocycles. The Morgan fingerprint density at radius 1 is 0.864 bits per heavy atom. The third-order valence-electron chi connectivity index (χ3n) is 7.58. The molecule has 1 amide bonds. The summed E-state index contributed by atoms with van der Waals surface area (Å²) >= 11 is 0. The van der Waals surface area contributed by atoms with Gasteiger partial charge in [0, 0.05) is 31.6 Å². The molecular formula is C36H38N2O6. The summed E-state index contributed by atoms with van der Waals surface area (Å²) in [4.78, 5) is 19.5. The molecule has 5 rings (SSSR count). The molecule has 228 valence electrons. The Bertz CT molecular complexity index is 1560. The lowest BCUT2D eigenvalue weighted by molar-refractivity contribution is -0.128. The molecule has 0 radical (unpaired) electrons. The Labute approximate surface area is 258 Å². The minimum atomic E-state index is -1.30. The van der Waals surface area contributed by atoms with Crippen molar-refractivity contribution >= 4 is 11.8 Å². The Morgan fingerprint density at radius 2 is 1.57 bits per heavy atom. The Kier molecular flexibility index (Phi) is 10.1. The van der Waals surface area contributed by atoms with Gasteiger partial charge in [-0.2, -0.15) is 0 Å². The van der Waals surface area contributed by atoms with Crippen LogP contribution in [0.3, 0.4) is 0 Å². The molecule has 1 aliphatic rings. The predicted molar refractivity (Wildman–Crippen MR) is 170 cm³/mol. The van der Waals surface area contributed by atoms with E-state index in [9.17, 15) is 4.79 Å². The van der Waals surface area contributed by atoms with Crippen molar-refractivity contribution < 1.29 is 28.8 Å². The monoisotopic (exact) mass is 594 g/mol. The minimum absolute atomic E-state index is 0.0689. The molecule has 8 nitrogen and oxygen atoms in total. The second-order valence-electron chi connectivity index (χ2n) is 10.6. The topological polar surface area (TPSA) is 98.6 Å². The molecule has 2 atom stereocenters. The SMILES string of the molecule is COc1cccc(CCNC(=O)[C@]2(Cc3ccccc3)N=C(c3ccc(OCCCO)cc3)O[C@@H]2c2cccc(OC)c2)c1. The first-order valence-corrected chi connectivity index (χ1v) is 14.7. The largest absolute Gasteiger partial charge is 0.497 e. The van der Waals surface area contributed by atoms with Crippen LogP contribution in [0.25, 0.3) is 0 Å². The van der Waals surface area contributed by atoms with E-state index in [1.54, 1.807) is 14.2 Å². The van der Waals surface area contributed by atoms with Crippen molar-refractivity contribution in [1.29, 1.82) is 0 Å². The number of nitrogens with one attached hydrogen (secondary N) is 1. The van der Waals surface area contributed by atoms with Crippen LogP contribution in [-0.2, 0) is 22.4 Å². The van der Waals surface area contributed by atoms with Gasteiger partial charge in [-0.1, -0.05) is 54.6 Å². The molecule has 4 aromatic carbocycles. The summed E-state index contributed by atoms with van der Waals surface area (Å²) in [7, 11) is 3.25. The van der Waals surface area contributed by atoms with Gasteiger partial charge in [0.2, 0.25) is 5.90 Å². The molecule has 44 heavy (non-hydrogen) atoms. The van der Waals surface area contributed by atoms with E-state index in [2.05, 4.69) is 5.32 Å². The molecule has 0 spiro atoms. The lowest BCUT2D eigenvalue weighted by Crippen LogP contribution is -2.50. The summed E-state index contributed by atoms with van der Waals surface area (Å²) in [5.74, 6) is 2.26. The quantitative estimate of drug-likeness (QED) is 0.192. The second kappa shape index (κ2) is 14.6. The molecule has 0 saturated heterocycles. The summed E-state index contributed by atoms with van der Waals surface area (Å²) in [6.07, 6.45) is 0.787. The van der Waals surface area contributed by atoms with Crippen molar-refractivity contribution in [2.75, 3.05) is 34.0 Å². The van der Waals surface area contributed by atoms with Gasteiger partial charge in [-0.3, -0.25) is 4.79 Å². The first-order valence-electron chi connectivity index (χ1n) is 14.7. The van der Waals surface area contributed by atoms with Crippen LogP contribution >= 0.6 is 0 Å². The van der Waals surface area contributed by atoms with Crippen LogP contribution in [0.2, 0.25) is 0 Å². The number of aliphatic imine (C=N–C) groups is 1. The number of rotatable bonds is 14. The molecule has 2 N–H and O–H groups in total. The van der Waals surface area contributed by atoms with Crippen molar-refractivity contribution in [3.8, 4) is 17.2 Å². The zero-order valence-corrected chi connectivity index (χ0v) is 25.1. The normalized spacial score (nSPS) is 17.3. The third-order valence-corrected chi connectivity index (χ3v) is 7.58. The number of hydrogen-bond acceptors (Lipinski definition) is 7. The number of amides is 1. The number of benzene rings is 4. The second-order valence-corrected chi connectivity index (χ2v) is 10.6. The Hall–Kier alpha value is -4.82. The van der Waals surface area contributed by atoms with Gasteiger partial charge in [-0.15, -0.1) is 0 Å². The van der Waals surface area contributed by atoms with Gasteiger partial charge in [-0.05, 0) is 71.6 Å². The molecule has 8 heteroatoms. The number of nitrogens with zero attached hydrogens (tertiary/aromatic N) is 1. The van der Waals surface area contributed by atoms with Crippen LogP contribution in [0.5, 0.6) is 17.2 Å². The first kappa shape index (κ1) is 30.6. The molecule has 4 aromatic rings. The van der Waals surface area contributed by atoms with E-state index in [1.807, 2.05) is 103 Å². The van der Waals surface area contributed by atoms with Crippen LogP contribution in [0, 0.1) is 0 Å². The van der Waals surface area contributed by atoms with E-state index in [1.165, 1.54) is 0 Å². The number of methoxy groups -OCH3 is 2. The maximum Gasteiger partial charge on any atom is 0.252 e. The maximum absolute atomic E-state index is 14.4. The number of hydrogen-bond donors (Lipinski definition) is 2. The van der Waals surface area contributed by atoms with Crippen LogP contribution in [0.4, 0.5) is 0 Å². The van der Waals surface area contributed by atoms with Gasteiger partial charge in [0.15, 0.2) is 11.6 Å². The number of ether oxygens (including phenoxy) is 4. The van der Waals surface area contributed by atoms with E-state index >= 15 is 0 Å². The van der Waals surface area contributed by atoms with E-state index in [0.717, 1.165) is 28.0 Å². The molecule has 0 bridgehead atoms. The highest BCUT2D eigenvalue weighted by molar-refractivity contribution is 6.01. The number of carbonyl (C=O) groups is 1. The highest BCUT2D eigenvalue weighted by Crippen LogP contribution is 2.43. The molecule has 0 aromatic heterocycles. The molecule has 0 fully saturated rings. The van der Waals surface area contributed by atoms with Gasteiger partial charge in [0.25, 0.3) is 5.91 Å². The number of aliphatic hydroxyl groups is 1. The zero-order chi connectivity index (χ0) is 30.8. The van der Waals surface area contributed by atoms with Gasteiger partial charge < -0.3 is 29.4 Å². The fraction of sp³-hybridized carbons (Fsp3) is 0.278. The number of carbonyl (C=O) groups excluding carboxylic acids is 1. The van der Waals surface area contributed by atoms with Gasteiger partial charge in [-0.25, -0.2) is 4.99 Å². The highest BCUT2D eigenvalue weighted by Gasteiger charge is 2.53. The lowest BCUT2D eigenvalue weighted by atomic mass is 9.82. The molecular weight excluding hydrogens is 556 g/mol. The Morgan fingerprint density at radius 3 is 2.30 bits per heavy atom. The van der Waals surface area contributed by atoms with Crippen LogP contribution < -0.4 is 19.5 Å². The average molecular weight is 595 g/mol. The fourth-order valence-corrected chi connectivity index (χ4v) is 5.30. The lowest BCUT2D eigenvalue weighted by Gasteiger charge is -2.31. The fourth-order valence-electron chi connectivity index (χ4n) is 5.30. The van der Waals surface area contributed by atoms with E-state index in [0.29, 0.717) is 49.8 Å². The van der Waals surface area contributed by atoms with Crippen molar-refractivity contribution in [1.82, 2.24) is 5.32 Å². The minimum Gasteiger partial charge on any atom is -0.497 e. The Balaban J connectivity index is 1.50. The molecule has 1 aliphatic heterocycles. The summed E-state index contributed by atoms with van der Waals surface area (Å²) < 4.78 is 23.2. The van der Waals surface area contributed by atoms with Crippen molar-refractivity contribution in [2.45, 2.75) is 30.9 Å². The predicted octanol–water partition coefficient (Wildman–Crippen LogP) is 5.32. The number of aliphatic hydroxyl groups excluding tert-OH is 1. The zero-order valence-electron chi connectivity index (χ0n) is 25.1. The van der Waals surface area contributed by atoms with Gasteiger partial charge >= 0.3 is 0 Å². The first-order chi connectivity index (χ1) is 21.5. The van der Waals surface area contributed by atoms with E-state index in [-0.39, 0.29) is 12.5 Å². The molecule has 0 saturated carbocycles. The van der Waals surface area contributed by atoms with Crippen molar-refractivity contribution in [3.05, 3.63) is 125 Å². The molecule has 0 aliphatic carbocycles. The van der Waals surface area contributed by atoms with Crippen LogP contribution in [0.15, 0.2) is 108 Å². The maximum atomic E-state index is 14.4. The van der Waals surface area contributed by atoms with E-state index in [4.69, 9.17) is 29.0 Å². The standard InChI is InChI=1S/C36H38N2O6/c1-41-31-13-6-11-26(23-31)19-20-37-35(40)36(25-27-9-4-3-5-10-27)33(29-12-7-14-32(24-29)42-2)44-34(38-36)28-15-17-30(18-16-28)43-22-8-21-39/h3-7,9-18,23-24,33,39H,8,19-22,25H2,1-2H3,(H,37,40)/t33-,36-/m1/s1. The van der Waals surface area contributed by atoms with Gasteiger partial charge in [0.05, 0.1) is 20.8 Å². The summed E-state index contributed by atoms with van der Waals surface area (Å²) in [5, 5.41) is 12.2. The van der Waals surface area contributed by atoms with Gasteiger partial charge in [0.1, 0.15) is 17.2 Å².